The van der Waals surface area contributed by atoms with Crippen LogP contribution in [0, 0.1) is 0 Å². The summed E-state index contributed by atoms with van der Waals surface area (Å²) in [5.74, 6) is 0.0300. The lowest BCUT2D eigenvalue weighted by Crippen LogP contribution is -2.19. The highest BCUT2D eigenvalue weighted by molar-refractivity contribution is 5.93. The Morgan fingerprint density at radius 2 is 1.89 bits per heavy atom. The summed E-state index contributed by atoms with van der Waals surface area (Å²) in [4.78, 5) is 31.8. The van der Waals surface area contributed by atoms with Gasteiger partial charge in [0.2, 0.25) is 0 Å². The largest absolute Gasteiger partial charge is 0.497 e. The predicted molar refractivity (Wildman–Crippen MR) is 101 cm³/mol. The van der Waals surface area contributed by atoms with Gasteiger partial charge in [-0.2, -0.15) is 5.10 Å². The molecule has 1 N–H and O–H groups in total. The molecule has 0 aliphatic carbocycles. The maximum absolute atomic E-state index is 12.2. The number of nitrogens with one attached hydrogen (secondary N) is 1. The van der Waals surface area contributed by atoms with Gasteiger partial charge >= 0.3 is 5.97 Å². The van der Waals surface area contributed by atoms with Crippen LogP contribution in [0.3, 0.4) is 0 Å². The van der Waals surface area contributed by atoms with Crippen molar-refractivity contribution < 1.29 is 19.1 Å². The molecule has 0 bridgehead atoms. The minimum absolute atomic E-state index is 0.154. The molecule has 0 fully saturated rings. The van der Waals surface area contributed by atoms with Gasteiger partial charge in [-0.15, -0.1) is 0 Å². The van der Waals surface area contributed by atoms with Crippen LogP contribution in [0.1, 0.15) is 26.4 Å². The van der Waals surface area contributed by atoms with Gasteiger partial charge in [0.15, 0.2) is 0 Å². The number of amides is 1. The zero-order valence-corrected chi connectivity index (χ0v) is 14.9. The van der Waals surface area contributed by atoms with Crippen molar-refractivity contribution in [2.75, 3.05) is 7.11 Å². The number of benzene rings is 2. The molecule has 2 aromatic carbocycles. The molecule has 1 heterocycles. The van der Waals surface area contributed by atoms with E-state index in [1.54, 1.807) is 55.6 Å². The first-order valence-corrected chi connectivity index (χ1v) is 8.21. The molecular weight excluding hydrogens is 360 g/mol. The van der Waals surface area contributed by atoms with E-state index >= 15 is 0 Å². The Morgan fingerprint density at radius 3 is 2.61 bits per heavy atom. The van der Waals surface area contributed by atoms with Crippen molar-refractivity contribution in [3.8, 4) is 11.5 Å². The Hall–Kier alpha value is -4.07. The van der Waals surface area contributed by atoms with Gasteiger partial charge in [0, 0.05) is 12.4 Å². The number of carbonyl (C=O) groups is 2. The summed E-state index contributed by atoms with van der Waals surface area (Å²) in [6.45, 7) is 0. The van der Waals surface area contributed by atoms with Crippen LogP contribution >= 0.6 is 0 Å². The molecule has 0 saturated carbocycles. The van der Waals surface area contributed by atoms with Crippen LogP contribution < -0.4 is 14.9 Å². The first-order valence-electron chi connectivity index (χ1n) is 8.21. The number of hydrogen-bond acceptors (Lipinski definition) is 7. The van der Waals surface area contributed by atoms with Crippen LogP contribution in [0.5, 0.6) is 11.5 Å². The highest BCUT2D eigenvalue weighted by Gasteiger charge is 2.09. The Morgan fingerprint density at radius 1 is 1.07 bits per heavy atom. The zero-order valence-electron chi connectivity index (χ0n) is 14.9. The van der Waals surface area contributed by atoms with E-state index in [-0.39, 0.29) is 5.69 Å². The molecule has 0 unspecified atom stereocenters. The second-order valence-corrected chi connectivity index (χ2v) is 5.48. The summed E-state index contributed by atoms with van der Waals surface area (Å²) in [6.07, 6.45) is 5.65. The molecule has 0 radical (unpaired) electrons. The molecule has 0 spiro atoms. The van der Waals surface area contributed by atoms with Crippen LogP contribution in [0.4, 0.5) is 0 Å². The highest BCUT2D eigenvalue weighted by atomic mass is 16.5. The molecule has 140 valence electrons. The first-order chi connectivity index (χ1) is 13.7. The quantitative estimate of drug-likeness (QED) is 0.307. The summed E-state index contributed by atoms with van der Waals surface area (Å²) in [5.41, 5.74) is 3.54. The number of hydrogen-bond donors (Lipinski definition) is 1. The predicted octanol–water partition coefficient (Wildman–Crippen LogP) is 2.47. The van der Waals surface area contributed by atoms with Crippen molar-refractivity contribution in [2.45, 2.75) is 0 Å². The van der Waals surface area contributed by atoms with Crippen LogP contribution in [-0.2, 0) is 0 Å². The van der Waals surface area contributed by atoms with Crippen molar-refractivity contribution in [1.29, 1.82) is 0 Å². The standard InChI is InChI=1S/C20H16N4O4/c1-27-16-7-5-15(6-8-16)20(26)28-17-4-2-3-14(11-17)12-23-24-19(25)18-13-21-9-10-22-18/h2-13H,1H3,(H,24,25). The van der Waals surface area contributed by atoms with Crippen molar-refractivity contribution in [3.63, 3.8) is 0 Å². The van der Waals surface area contributed by atoms with Gasteiger partial charge < -0.3 is 9.47 Å². The molecule has 0 aliphatic heterocycles. The maximum atomic E-state index is 12.2. The lowest BCUT2D eigenvalue weighted by Gasteiger charge is -2.06. The fraction of sp³-hybridized carbons (Fsp3) is 0.0500. The van der Waals surface area contributed by atoms with E-state index in [4.69, 9.17) is 9.47 Å². The fourth-order valence-corrected chi connectivity index (χ4v) is 2.19. The third-order valence-electron chi connectivity index (χ3n) is 3.57. The highest BCUT2D eigenvalue weighted by Crippen LogP contribution is 2.16. The van der Waals surface area contributed by atoms with Gasteiger partial charge in [0.05, 0.1) is 25.1 Å². The van der Waals surface area contributed by atoms with Crippen molar-refractivity contribution in [2.24, 2.45) is 5.10 Å². The summed E-state index contributed by atoms with van der Waals surface area (Å²) in [7, 11) is 1.55. The third-order valence-corrected chi connectivity index (χ3v) is 3.57. The molecule has 28 heavy (non-hydrogen) atoms. The average molecular weight is 376 g/mol. The molecule has 0 atom stereocenters. The van der Waals surface area contributed by atoms with Crippen LogP contribution in [0.25, 0.3) is 0 Å². The van der Waals surface area contributed by atoms with E-state index < -0.39 is 11.9 Å². The average Bonchev–Trinajstić information content (AvgIpc) is 2.74. The maximum Gasteiger partial charge on any atom is 0.343 e. The molecule has 8 nitrogen and oxygen atoms in total. The second kappa shape index (κ2) is 9.04. The molecule has 3 aromatic rings. The van der Waals surface area contributed by atoms with Gasteiger partial charge in [-0.25, -0.2) is 15.2 Å². The van der Waals surface area contributed by atoms with Crippen molar-refractivity contribution in [3.05, 3.63) is 83.9 Å². The van der Waals surface area contributed by atoms with Crippen LogP contribution in [-0.4, -0.2) is 35.2 Å². The second-order valence-electron chi connectivity index (χ2n) is 5.48. The van der Waals surface area contributed by atoms with Gasteiger partial charge in [-0.3, -0.25) is 9.78 Å². The van der Waals surface area contributed by atoms with Gasteiger partial charge in [-0.05, 0) is 42.0 Å². The number of rotatable bonds is 6. The van der Waals surface area contributed by atoms with E-state index in [9.17, 15) is 9.59 Å². The van der Waals surface area contributed by atoms with E-state index in [0.717, 1.165) is 0 Å². The normalized spacial score (nSPS) is 10.5. The Bertz CT molecular complexity index is 989. The number of carbonyl (C=O) groups excluding carboxylic acids is 2. The Kier molecular flexibility index (Phi) is 6.04. The number of aromatic nitrogens is 2. The summed E-state index contributed by atoms with van der Waals surface area (Å²) < 4.78 is 10.4. The van der Waals surface area contributed by atoms with Gasteiger partial charge in [-0.1, -0.05) is 12.1 Å². The molecule has 3 rings (SSSR count). The molecule has 8 heteroatoms. The number of methoxy groups -OCH3 is 1. The number of hydrazone groups is 1. The number of ether oxygens (including phenoxy) is 2. The van der Waals surface area contributed by atoms with E-state index in [1.807, 2.05) is 0 Å². The van der Waals surface area contributed by atoms with Gasteiger partial charge in [0.25, 0.3) is 5.91 Å². The van der Waals surface area contributed by atoms with Crippen molar-refractivity contribution >= 4 is 18.1 Å². The summed E-state index contributed by atoms with van der Waals surface area (Å²) >= 11 is 0. The SMILES string of the molecule is COc1ccc(C(=O)Oc2cccc(C=NNC(=O)c3cnccn3)c2)cc1. The fourth-order valence-electron chi connectivity index (χ4n) is 2.19. The number of esters is 1. The summed E-state index contributed by atoms with van der Waals surface area (Å²) in [5, 5.41) is 3.87. The molecule has 0 saturated heterocycles. The number of nitrogens with zero attached hydrogens (tertiary/aromatic N) is 3. The smallest absolute Gasteiger partial charge is 0.343 e. The van der Waals surface area contributed by atoms with Crippen molar-refractivity contribution in [1.82, 2.24) is 15.4 Å². The van der Waals surface area contributed by atoms with Crippen LogP contribution in [0.2, 0.25) is 0 Å². The van der Waals surface area contributed by atoms with E-state index in [0.29, 0.717) is 22.6 Å². The Balaban J connectivity index is 1.61. The molecule has 0 aliphatic rings. The summed E-state index contributed by atoms with van der Waals surface area (Å²) in [6, 6.07) is 13.3. The first kappa shape index (κ1) is 18.7. The minimum atomic E-state index is -0.493. The van der Waals surface area contributed by atoms with E-state index in [1.165, 1.54) is 24.8 Å². The zero-order chi connectivity index (χ0) is 19.8. The topological polar surface area (TPSA) is 103 Å². The lowest BCUT2D eigenvalue weighted by atomic mass is 10.2. The van der Waals surface area contributed by atoms with E-state index in [2.05, 4.69) is 20.5 Å². The lowest BCUT2D eigenvalue weighted by molar-refractivity contribution is 0.0734. The molecule has 1 amide bonds. The monoisotopic (exact) mass is 376 g/mol. The van der Waals surface area contributed by atoms with Crippen LogP contribution in [0.15, 0.2) is 72.2 Å². The molecular formula is C20H16N4O4. The third kappa shape index (κ3) is 4.98. The Labute approximate surface area is 160 Å². The van der Waals surface area contributed by atoms with Gasteiger partial charge in [0.1, 0.15) is 17.2 Å². The minimum Gasteiger partial charge on any atom is -0.497 e. The molecule has 1 aromatic heterocycles.